The monoisotopic (exact) mass is 757 g/mol. The Bertz CT molecular complexity index is 3470. The summed E-state index contributed by atoms with van der Waals surface area (Å²) in [5, 5.41) is 4.04. The third-order valence-electron chi connectivity index (χ3n) is 12.2. The van der Waals surface area contributed by atoms with Crippen LogP contribution in [0.2, 0.25) is 0 Å². The number of rotatable bonds is 5. The highest BCUT2D eigenvalue weighted by molar-refractivity contribution is 6.13. The summed E-state index contributed by atoms with van der Waals surface area (Å²) in [4.78, 5) is 15.7. The van der Waals surface area contributed by atoms with Crippen LogP contribution in [0.25, 0.3) is 111 Å². The van der Waals surface area contributed by atoms with E-state index in [9.17, 15) is 0 Å². The van der Waals surface area contributed by atoms with Crippen LogP contribution in [-0.2, 0) is 5.41 Å². The molecule has 278 valence electrons. The van der Waals surface area contributed by atoms with Gasteiger partial charge >= 0.3 is 0 Å². The van der Waals surface area contributed by atoms with Gasteiger partial charge in [0.1, 0.15) is 22.3 Å². The number of para-hydroxylation sites is 2. The summed E-state index contributed by atoms with van der Waals surface area (Å²) in [5.74, 6) is 1.66. The average Bonchev–Trinajstić information content (AvgIpc) is 3.94. The lowest BCUT2D eigenvalue weighted by Crippen LogP contribution is -2.14. The molecule has 1 aliphatic carbocycles. The Balaban J connectivity index is 1.07. The van der Waals surface area contributed by atoms with E-state index >= 15 is 0 Å². The normalized spacial score (nSPS) is 13.1. The van der Waals surface area contributed by atoms with Crippen molar-refractivity contribution in [2.75, 3.05) is 0 Å². The Morgan fingerprint density at radius 1 is 0.373 bits per heavy atom. The molecular weight excluding hydrogens is 723 g/mol. The molecule has 0 fully saturated rings. The van der Waals surface area contributed by atoms with Gasteiger partial charge in [-0.15, -0.1) is 0 Å². The summed E-state index contributed by atoms with van der Waals surface area (Å²) >= 11 is 0. The number of benzene rings is 8. The van der Waals surface area contributed by atoms with Crippen LogP contribution < -0.4 is 0 Å². The summed E-state index contributed by atoms with van der Waals surface area (Å²) in [5.41, 5.74) is 15.5. The van der Waals surface area contributed by atoms with Crippen molar-refractivity contribution in [1.82, 2.24) is 15.0 Å². The van der Waals surface area contributed by atoms with Gasteiger partial charge < -0.3 is 8.83 Å². The van der Waals surface area contributed by atoms with Gasteiger partial charge in [-0.3, -0.25) is 0 Å². The van der Waals surface area contributed by atoms with E-state index < -0.39 is 0 Å². The van der Waals surface area contributed by atoms with E-state index in [2.05, 4.69) is 141 Å². The van der Waals surface area contributed by atoms with Gasteiger partial charge in [0.05, 0.1) is 5.56 Å². The van der Waals surface area contributed by atoms with Gasteiger partial charge in [0.15, 0.2) is 17.5 Å². The fraction of sp³-hybridized carbons (Fsp3) is 0.0556. The maximum Gasteiger partial charge on any atom is 0.167 e. The van der Waals surface area contributed by atoms with Gasteiger partial charge in [0.2, 0.25) is 0 Å². The summed E-state index contributed by atoms with van der Waals surface area (Å²) < 4.78 is 13.1. The lowest BCUT2D eigenvalue weighted by atomic mass is 9.82. The molecule has 0 aliphatic heterocycles. The van der Waals surface area contributed by atoms with Crippen LogP contribution in [0.15, 0.2) is 185 Å². The second kappa shape index (κ2) is 12.7. The minimum atomic E-state index is -0.0930. The molecule has 12 rings (SSSR count). The quantitative estimate of drug-likeness (QED) is 0.175. The van der Waals surface area contributed by atoms with E-state index in [1.54, 1.807) is 0 Å². The number of nitrogens with zero attached hydrogens (tertiary/aromatic N) is 3. The molecule has 0 radical (unpaired) electrons. The van der Waals surface area contributed by atoms with Crippen LogP contribution in [0.4, 0.5) is 0 Å². The smallest absolute Gasteiger partial charge is 0.167 e. The van der Waals surface area contributed by atoms with Crippen LogP contribution in [0.3, 0.4) is 0 Å². The Kier molecular flexibility index (Phi) is 7.20. The largest absolute Gasteiger partial charge is 0.456 e. The molecule has 0 saturated carbocycles. The molecule has 0 atom stereocenters. The van der Waals surface area contributed by atoms with Gasteiger partial charge in [-0.05, 0) is 74.8 Å². The minimum Gasteiger partial charge on any atom is -0.456 e. The summed E-state index contributed by atoms with van der Waals surface area (Å²) in [6.07, 6.45) is 0. The van der Waals surface area contributed by atoms with Gasteiger partial charge in [-0.1, -0.05) is 159 Å². The van der Waals surface area contributed by atoms with Crippen molar-refractivity contribution in [3.63, 3.8) is 0 Å². The second-order valence-electron chi connectivity index (χ2n) is 15.9. The highest BCUT2D eigenvalue weighted by Gasteiger charge is 2.36. The summed E-state index contributed by atoms with van der Waals surface area (Å²) in [6.45, 7) is 4.65. The molecule has 3 aromatic heterocycles. The van der Waals surface area contributed by atoms with Crippen molar-refractivity contribution in [1.29, 1.82) is 0 Å². The average molecular weight is 758 g/mol. The predicted octanol–water partition coefficient (Wildman–Crippen LogP) is 14.3. The molecule has 11 aromatic rings. The van der Waals surface area contributed by atoms with Crippen LogP contribution in [0, 0.1) is 0 Å². The van der Waals surface area contributed by atoms with Gasteiger partial charge in [-0.25, -0.2) is 15.0 Å². The molecule has 0 saturated heterocycles. The zero-order chi connectivity index (χ0) is 39.2. The lowest BCUT2D eigenvalue weighted by Gasteiger charge is -2.21. The first-order valence-electron chi connectivity index (χ1n) is 20.0. The van der Waals surface area contributed by atoms with Crippen LogP contribution in [-0.4, -0.2) is 15.0 Å². The van der Waals surface area contributed by atoms with Crippen molar-refractivity contribution < 1.29 is 8.83 Å². The Labute approximate surface area is 340 Å². The molecule has 1 aliphatic rings. The fourth-order valence-corrected chi connectivity index (χ4v) is 9.29. The molecule has 3 heterocycles. The molecule has 0 bridgehead atoms. The van der Waals surface area contributed by atoms with E-state index in [0.29, 0.717) is 17.5 Å². The van der Waals surface area contributed by atoms with Crippen molar-refractivity contribution >= 4 is 43.9 Å². The second-order valence-corrected chi connectivity index (χ2v) is 15.9. The molecule has 5 heteroatoms. The van der Waals surface area contributed by atoms with E-state index in [1.807, 2.05) is 48.5 Å². The first-order chi connectivity index (χ1) is 29.0. The maximum absolute atomic E-state index is 6.58. The molecule has 0 N–H and O–H groups in total. The van der Waals surface area contributed by atoms with E-state index in [-0.39, 0.29) is 5.41 Å². The molecule has 5 nitrogen and oxygen atoms in total. The Morgan fingerprint density at radius 3 is 1.83 bits per heavy atom. The lowest BCUT2D eigenvalue weighted by molar-refractivity contribution is 0.660. The Hall–Kier alpha value is -7.63. The van der Waals surface area contributed by atoms with Crippen LogP contribution >= 0.6 is 0 Å². The standard InChI is InChI=1S/C54H35N3O2/c1-54(2)43-21-8-6-16-39(43)48-36(17-11-22-44(48)54)35-29-30-46-42(31-35)49-40(19-12-24-47(49)58-46)52-55-51(34-27-25-33(26-28-34)32-13-4-3-5-14-32)56-53(57-52)41-20-10-18-38-37-15-7-9-23-45(37)59-50(38)41/h3-31H,1-2H3. The van der Waals surface area contributed by atoms with Gasteiger partial charge in [0, 0.05) is 38.1 Å². The molecule has 0 unspecified atom stereocenters. The molecule has 59 heavy (non-hydrogen) atoms. The predicted molar refractivity (Wildman–Crippen MR) is 239 cm³/mol. The fourth-order valence-electron chi connectivity index (χ4n) is 9.29. The minimum absolute atomic E-state index is 0.0930. The van der Waals surface area contributed by atoms with Gasteiger partial charge in [-0.2, -0.15) is 0 Å². The molecule has 0 amide bonds. The van der Waals surface area contributed by atoms with Crippen molar-refractivity contribution in [3.8, 4) is 67.5 Å². The molecule has 0 spiro atoms. The number of aromatic nitrogens is 3. The highest BCUT2D eigenvalue weighted by atomic mass is 16.3. The third-order valence-corrected chi connectivity index (χ3v) is 12.2. The summed E-state index contributed by atoms with van der Waals surface area (Å²) in [7, 11) is 0. The molecule has 8 aromatic carbocycles. The van der Waals surface area contributed by atoms with Crippen LogP contribution in [0.1, 0.15) is 25.0 Å². The first-order valence-corrected chi connectivity index (χ1v) is 20.0. The van der Waals surface area contributed by atoms with Crippen molar-refractivity contribution in [3.05, 3.63) is 187 Å². The van der Waals surface area contributed by atoms with Crippen LogP contribution in [0.5, 0.6) is 0 Å². The van der Waals surface area contributed by atoms with E-state index in [4.69, 9.17) is 23.8 Å². The zero-order valence-corrected chi connectivity index (χ0v) is 32.4. The summed E-state index contributed by atoms with van der Waals surface area (Å²) in [6, 6.07) is 61.3. The number of hydrogen-bond donors (Lipinski definition) is 0. The van der Waals surface area contributed by atoms with E-state index in [1.165, 1.54) is 27.8 Å². The zero-order valence-electron chi connectivity index (χ0n) is 32.4. The number of fused-ring (bicyclic) bond motifs is 9. The highest BCUT2D eigenvalue weighted by Crippen LogP contribution is 2.52. The van der Waals surface area contributed by atoms with E-state index in [0.717, 1.165) is 77.3 Å². The SMILES string of the molecule is CC1(C)c2ccccc2-c2c(-c3ccc4oc5cccc(-c6nc(-c7ccc(-c8ccccc8)cc7)nc(-c7cccc8c7oc7ccccc78)n6)c5c4c3)cccc21. The molecular formula is C54H35N3O2. The topological polar surface area (TPSA) is 65.0 Å². The van der Waals surface area contributed by atoms with Crippen molar-refractivity contribution in [2.24, 2.45) is 0 Å². The van der Waals surface area contributed by atoms with Crippen molar-refractivity contribution in [2.45, 2.75) is 19.3 Å². The Morgan fingerprint density at radius 2 is 0.949 bits per heavy atom. The first kappa shape index (κ1) is 33.5. The maximum atomic E-state index is 6.58. The number of furan rings is 2. The van der Waals surface area contributed by atoms with Gasteiger partial charge in [0.25, 0.3) is 0 Å². The number of hydrogen-bond acceptors (Lipinski definition) is 5. The third kappa shape index (κ3) is 5.14.